The predicted molar refractivity (Wildman–Crippen MR) is 70.7 cm³/mol. The van der Waals surface area contributed by atoms with Gasteiger partial charge in [-0.05, 0) is 37.3 Å². The van der Waals surface area contributed by atoms with Crippen molar-refractivity contribution in [3.05, 3.63) is 18.0 Å². The van der Waals surface area contributed by atoms with Crippen LogP contribution < -0.4 is 5.32 Å². The molecule has 0 radical (unpaired) electrons. The first-order valence-electron chi connectivity index (χ1n) is 6.93. The van der Waals surface area contributed by atoms with Crippen molar-refractivity contribution in [3.63, 3.8) is 0 Å². The molecule has 3 heteroatoms. The van der Waals surface area contributed by atoms with Crippen LogP contribution in [-0.2, 0) is 13.6 Å². The topological polar surface area (TPSA) is 29.9 Å². The number of aromatic nitrogens is 2. The van der Waals surface area contributed by atoms with Crippen molar-refractivity contribution in [2.24, 2.45) is 18.9 Å². The van der Waals surface area contributed by atoms with E-state index in [0.717, 1.165) is 30.6 Å². The van der Waals surface area contributed by atoms with Crippen molar-refractivity contribution in [2.75, 3.05) is 6.54 Å². The van der Waals surface area contributed by atoms with Crippen LogP contribution in [-0.4, -0.2) is 16.3 Å². The molecular formula is C14H25N3. The molecule has 0 bridgehead atoms. The van der Waals surface area contributed by atoms with Crippen LogP contribution in [0.3, 0.4) is 0 Å². The summed E-state index contributed by atoms with van der Waals surface area (Å²) in [5.41, 5.74) is 1.14. The van der Waals surface area contributed by atoms with Crippen molar-refractivity contribution in [2.45, 2.75) is 45.6 Å². The Bertz CT molecular complexity index is 332. The Balaban J connectivity index is 1.59. The van der Waals surface area contributed by atoms with Gasteiger partial charge in [0.25, 0.3) is 0 Å². The van der Waals surface area contributed by atoms with E-state index in [1.165, 1.54) is 32.1 Å². The first kappa shape index (κ1) is 12.6. The van der Waals surface area contributed by atoms with Gasteiger partial charge in [-0.1, -0.05) is 26.2 Å². The zero-order chi connectivity index (χ0) is 12.1. The summed E-state index contributed by atoms with van der Waals surface area (Å²) in [5, 5.41) is 7.86. The summed E-state index contributed by atoms with van der Waals surface area (Å²) in [4.78, 5) is 0. The summed E-state index contributed by atoms with van der Waals surface area (Å²) in [6.07, 6.45) is 9.09. The lowest BCUT2D eigenvalue weighted by molar-refractivity contribution is 0.267. The maximum Gasteiger partial charge on any atom is 0.0762 e. The minimum atomic E-state index is 0.906. The lowest BCUT2D eigenvalue weighted by Gasteiger charge is -2.26. The molecule has 2 rings (SSSR count). The Morgan fingerprint density at radius 1 is 1.47 bits per heavy atom. The molecular weight excluding hydrogens is 210 g/mol. The molecule has 1 aliphatic carbocycles. The van der Waals surface area contributed by atoms with E-state index in [2.05, 4.69) is 23.4 Å². The van der Waals surface area contributed by atoms with Gasteiger partial charge < -0.3 is 5.32 Å². The van der Waals surface area contributed by atoms with E-state index in [0.29, 0.717) is 0 Å². The Morgan fingerprint density at radius 3 is 3.06 bits per heavy atom. The van der Waals surface area contributed by atoms with E-state index in [1.54, 1.807) is 0 Å². The summed E-state index contributed by atoms with van der Waals surface area (Å²) < 4.78 is 1.86. The quantitative estimate of drug-likeness (QED) is 0.795. The molecule has 2 unspecified atom stereocenters. The molecule has 0 aliphatic heterocycles. The van der Waals surface area contributed by atoms with Crippen LogP contribution in [0.1, 0.15) is 44.7 Å². The minimum Gasteiger partial charge on any atom is -0.311 e. The van der Waals surface area contributed by atoms with Gasteiger partial charge in [0, 0.05) is 19.8 Å². The highest BCUT2D eigenvalue weighted by atomic mass is 15.3. The third kappa shape index (κ3) is 4.15. The fourth-order valence-electron chi connectivity index (χ4n) is 2.90. The van der Waals surface area contributed by atoms with E-state index >= 15 is 0 Å². The molecule has 2 atom stereocenters. The van der Waals surface area contributed by atoms with Gasteiger partial charge in [-0.25, -0.2) is 0 Å². The van der Waals surface area contributed by atoms with Crippen LogP contribution in [0.5, 0.6) is 0 Å². The van der Waals surface area contributed by atoms with Crippen molar-refractivity contribution < 1.29 is 0 Å². The van der Waals surface area contributed by atoms with Crippen LogP contribution in [0.2, 0.25) is 0 Å². The van der Waals surface area contributed by atoms with Crippen LogP contribution >= 0.6 is 0 Å². The van der Waals surface area contributed by atoms with Gasteiger partial charge in [-0.15, -0.1) is 0 Å². The Labute approximate surface area is 105 Å². The highest BCUT2D eigenvalue weighted by Gasteiger charge is 2.17. The predicted octanol–water partition coefficient (Wildman–Crippen LogP) is 2.73. The molecule has 0 spiro atoms. The molecule has 1 aromatic heterocycles. The van der Waals surface area contributed by atoms with E-state index in [1.807, 2.05) is 17.9 Å². The molecule has 1 aromatic rings. The Morgan fingerprint density at radius 2 is 2.35 bits per heavy atom. The molecule has 0 amide bonds. The smallest absolute Gasteiger partial charge is 0.0762 e. The third-order valence-corrected chi connectivity index (χ3v) is 3.85. The second-order valence-electron chi connectivity index (χ2n) is 5.58. The molecule has 3 nitrogen and oxygen atoms in total. The molecule has 1 heterocycles. The number of hydrogen-bond donors (Lipinski definition) is 1. The zero-order valence-electron chi connectivity index (χ0n) is 11.2. The highest BCUT2D eigenvalue weighted by Crippen LogP contribution is 2.30. The average molecular weight is 235 g/mol. The first-order valence-corrected chi connectivity index (χ1v) is 6.93. The molecule has 1 aliphatic rings. The number of rotatable bonds is 5. The second-order valence-corrected chi connectivity index (χ2v) is 5.58. The van der Waals surface area contributed by atoms with E-state index < -0.39 is 0 Å². The van der Waals surface area contributed by atoms with Crippen molar-refractivity contribution in [1.82, 2.24) is 15.1 Å². The molecule has 1 N–H and O–H groups in total. The summed E-state index contributed by atoms with van der Waals surface area (Å²) in [7, 11) is 1.97. The van der Waals surface area contributed by atoms with E-state index in [-0.39, 0.29) is 0 Å². The summed E-state index contributed by atoms with van der Waals surface area (Å²) in [6.45, 7) is 4.44. The van der Waals surface area contributed by atoms with Gasteiger partial charge in [0.05, 0.1) is 5.69 Å². The summed E-state index contributed by atoms with van der Waals surface area (Å²) >= 11 is 0. The number of nitrogens with one attached hydrogen (secondary N) is 1. The number of hydrogen-bond acceptors (Lipinski definition) is 2. The van der Waals surface area contributed by atoms with E-state index in [9.17, 15) is 0 Å². The Hall–Kier alpha value is -0.830. The molecule has 0 saturated heterocycles. The fraction of sp³-hybridized carbons (Fsp3) is 0.786. The number of aryl methyl sites for hydroxylation is 1. The molecule has 0 aromatic carbocycles. The first-order chi connectivity index (χ1) is 8.24. The summed E-state index contributed by atoms with van der Waals surface area (Å²) in [6, 6.07) is 2.08. The normalized spacial score (nSPS) is 25.1. The van der Waals surface area contributed by atoms with Gasteiger partial charge in [0.2, 0.25) is 0 Å². The van der Waals surface area contributed by atoms with Gasteiger partial charge in [-0.2, -0.15) is 5.10 Å². The monoisotopic (exact) mass is 235 g/mol. The van der Waals surface area contributed by atoms with Crippen LogP contribution in [0, 0.1) is 11.8 Å². The molecule has 96 valence electrons. The summed E-state index contributed by atoms with van der Waals surface area (Å²) in [5.74, 6) is 1.90. The standard InChI is InChI=1S/C14H25N3/c1-12-4-3-5-13(10-12)6-8-15-11-14-7-9-17(2)16-14/h7,9,12-13,15H,3-6,8,10-11H2,1-2H3. The lowest BCUT2D eigenvalue weighted by atomic mass is 9.81. The maximum absolute atomic E-state index is 4.36. The van der Waals surface area contributed by atoms with Gasteiger partial charge in [0.1, 0.15) is 0 Å². The lowest BCUT2D eigenvalue weighted by Crippen LogP contribution is -2.21. The molecule has 17 heavy (non-hydrogen) atoms. The minimum absolute atomic E-state index is 0.906. The molecule has 1 saturated carbocycles. The Kier molecular flexibility index (Phi) is 4.60. The zero-order valence-corrected chi connectivity index (χ0v) is 11.2. The van der Waals surface area contributed by atoms with Gasteiger partial charge in [-0.3, -0.25) is 4.68 Å². The van der Waals surface area contributed by atoms with Gasteiger partial charge in [0.15, 0.2) is 0 Å². The van der Waals surface area contributed by atoms with Crippen LogP contribution in [0.15, 0.2) is 12.3 Å². The van der Waals surface area contributed by atoms with Crippen molar-refractivity contribution in [3.8, 4) is 0 Å². The molecule has 1 fully saturated rings. The maximum atomic E-state index is 4.36. The highest BCUT2D eigenvalue weighted by molar-refractivity contribution is 4.97. The van der Waals surface area contributed by atoms with E-state index in [4.69, 9.17) is 0 Å². The van der Waals surface area contributed by atoms with Crippen LogP contribution in [0.4, 0.5) is 0 Å². The van der Waals surface area contributed by atoms with Crippen LogP contribution in [0.25, 0.3) is 0 Å². The number of nitrogens with zero attached hydrogens (tertiary/aromatic N) is 2. The average Bonchev–Trinajstić information content (AvgIpc) is 2.71. The van der Waals surface area contributed by atoms with Crippen molar-refractivity contribution in [1.29, 1.82) is 0 Å². The third-order valence-electron chi connectivity index (χ3n) is 3.85. The SMILES string of the molecule is CC1CCCC(CCNCc2ccn(C)n2)C1. The largest absolute Gasteiger partial charge is 0.311 e. The van der Waals surface area contributed by atoms with Gasteiger partial charge >= 0.3 is 0 Å². The fourth-order valence-corrected chi connectivity index (χ4v) is 2.90. The van der Waals surface area contributed by atoms with Crippen molar-refractivity contribution >= 4 is 0 Å². The second kappa shape index (κ2) is 6.20.